The Morgan fingerprint density at radius 1 is 1.03 bits per heavy atom. The first-order valence-corrected chi connectivity index (χ1v) is 11.0. The third kappa shape index (κ3) is 5.97. The molecule has 2 rings (SSSR count). The summed E-state index contributed by atoms with van der Waals surface area (Å²) in [6.07, 6.45) is 8.84. The van der Waals surface area contributed by atoms with E-state index in [9.17, 15) is 14.9 Å². The maximum atomic E-state index is 12.8. The van der Waals surface area contributed by atoms with Gasteiger partial charge in [0.05, 0.1) is 13.7 Å². The van der Waals surface area contributed by atoms with Gasteiger partial charge in [0, 0.05) is 12.1 Å². The average molecular weight is 425 g/mol. The summed E-state index contributed by atoms with van der Waals surface area (Å²) in [5.74, 6) is 0.296. The van der Waals surface area contributed by atoms with E-state index in [2.05, 4.69) is 6.92 Å². The lowest BCUT2D eigenvalue weighted by atomic mass is 9.93. The number of methoxy groups -OCH3 is 1. The van der Waals surface area contributed by atoms with Gasteiger partial charge in [-0.1, -0.05) is 45.1 Å². The van der Waals surface area contributed by atoms with Crippen LogP contribution in [0, 0.1) is 11.3 Å². The highest BCUT2D eigenvalue weighted by molar-refractivity contribution is 6.19. The molecule has 0 unspecified atom stereocenters. The van der Waals surface area contributed by atoms with Crippen molar-refractivity contribution in [2.45, 2.75) is 59.3 Å². The van der Waals surface area contributed by atoms with Gasteiger partial charge in [0.25, 0.3) is 11.8 Å². The van der Waals surface area contributed by atoms with Crippen molar-refractivity contribution in [3.8, 4) is 17.6 Å². The number of amides is 2. The number of benzene rings is 1. The van der Waals surface area contributed by atoms with Crippen LogP contribution in [0.25, 0.3) is 6.08 Å². The molecule has 0 N–H and O–H groups in total. The lowest BCUT2D eigenvalue weighted by Crippen LogP contribution is -2.42. The van der Waals surface area contributed by atoms with Crippen molar-refractivity contribution in [1.29, 1.82) is 5.26 Å². The quantitative estimate of drug-likeness (QED) is 0.282. The molecule has 166 valence electrons. The number of ether oxygens (including phenoxy) is 2. The molecule has 1 aliphatic rings. The molecular formula is C25H32N2O4. The van der Waals surface area contributed by atoms with Crippen molar-refractivity contribution < 1.29 is 19.1 Å². The monoisotopic (exact) mass is 424 g/mol. The molecule has 1 aromatic carbocycles. The first-order valence-electron chi connectivity index (χ1n) is 11.0. The summed E-state index contributed by atoms with van der Waals surface area (Å²) in [6.45, 7) is 6.38. The van der Waals surface area contributed by atoms with Crippen LogP contribution in [-0.2, 0) is 9.59 Å². The number of likely N-dealkylation sites (N-methyl/N-ethyl adjacent to an activating group) is 1. The fraction of sp³-hybridized carbons (Fsp3) is 0.480. The minimum atomic E-state index is -0.541. The summed E-state index contributed by atoms with van der Waals surface area (Å²) in [4.78, 5) is 26.2. The number of nitrogens with zero attached hydrogens (tertiary/aromatic N) is 2. The number of carbonyl (C=O) groups excluding carboxylic acids is 2. The van der Waals surface area contributed by atoms with Gasteiger partial charge in [-0.05, 0) is 49.6 Å². The lowest BCUT2D eigenvalue weighted by Gasteiger charge is -2.26. The number of hydrogen-bond acceptors (Lipinski definition) is 5. The third-order valence-corrected chi connectivity index (χ3v) is 5.40. The van der Waals surface area contributed by atoms with Crippen molar-refractivity contribution in [2.24, 2.45) is 0 Å². The molecule has 0 aliphatic carbocycles. The number of nitriles is 1. The van der Waals surface area contributed by atoms with Gasteiger partial charge in [0.1, 0.15) is 11.6 Å². The summed E-state index contributed by atoms with van der Waals surface area (Å²) in [7, 11) is 1.58. The van der Waals surface area contributed by atoms with Crippen LogP contribution in [0.5, 0.6) is 11.5 Å². The number of carbonyl (C=O) groups is 2. The highest BCUT2D eigenvalue weighted by Crippen LogP contribution is 2.31. The van der Waals surface area contributed by atoms with Gasteiger partial charge in [-0.15, -0.1) is 0 Å². The van der Waals surface area contributed by atoms with Gasteiger partial charge in [-0.25, -0.2) is 0 Å². The SMILES string of the molecule is CCCCCCCCOc1ccc(/C=C2/C(=O)N(CC)C(=O)C(C#N)=C2C)cc1OC. The van der Waals surface area contributed by atoms with Crippen molar-refractivity contribution >= 4 is 17.9 Å². The molecular weight excluding hydrogens is 392 g/mol. The molecule has 1 aliphatic heterocycles. The highest BCUT2D eigenvalue weighted by Gasteiger charge is 2.34. The van der Waals surface area contributed by atoms with E-state index in [0.717, 1.165) is 23.3 Å². The van der Waals surface area contributed by atoms with Gasteiger partial charge < -0.3 is 9.47 Å². The number of unbranched alkanes of at least 4 members (excludes halogenated alkanes) is 5. The van der Waals surface area contributed by atoms with Gasteiger partial charge >= 0.3 is 0 Å². The van der Waals surface area contributed by atoms with Crippen LogP contribution < -0.4 is 9.47 Å². The average Bonchev–Trinajstić information content (AvgIpc) is 2.77. The molecule has 0 fully saturated rings. The molecule has 0 aromatic heterocycles. The molecule has 0 radical (unpaired) electrons. The Labute approximate surface area is 185 Å². The van der Waals surface area contributed by atoms with Crippen LogP contribution in [-0.4, -0.2) is 37.0 Å². The van der Waals surface area contributed by atoms with Crippen LogP contribution in [0.4, 0.5) is 0 Å². The Hall–Kier alpha value is -3.07. The smallest absolute Gasteiger partial charge is 0.271 e. The van der Waals surface area contributed by atoms with E-state index < -0.39 is 11.8 Å². The molecule has 1 aromatic rings. The molecule has 1 heterocycles. The molecule has 0 atom stereocenters. The first-order chi connectivity index (χ1) is 15.0. The standard InChI is InChI=1S/C25H32N2O4/c1-5-7-8-9-10-11-14-31-22-13-12-19(16-23(22)30-4)15-20-18(3)21(17-26)25(29)27(6-2)24(20)28/h12-13,15-16H,5-11,14H2,1-4H3/b20-15+. The van der Waals surface area contributed by atoms with Crippen molar-refractivity contribution in [2.75, 3.05) is 20.3 Å². The lowest BCUT2D eigenvalue weighted by molar-refractivity contribution is -0.140. The van der Waals surface area contributed by atoms with Crippen LogP contribution in [0.1, 0.15) is 64.9 Å². The van der Waals surface area contributed by atoms with E-state index >= 15 is 0 Å². The number of imide groups is 1. The summed E-state index contributed by atoms with van der Waals surface area (Å²) in [5, 5.41) is 9.37. The Morgan fingerprint density at radius 3 is 2.39 bits per heavy atom. The Balaban J connectivity index is 2.17. The van der Waals surface area contributed by atoms with Crippen LogP contribution >= 0.6 is 0 Å². The Morgan fingerprint density at radius 2 is 1.74 bits per heavy atom. The molecule has 0 bridgehead atoms. The van der Waals surface area contributed by atoms with Crippen molar-refractivity contribution in [3.63, 3.8) is 0 Å². The summed E-state index contributed by atoms with van der Waals surface area (Å²) >= 11 is 0. The molecule has 6 heteroatoms. The van der Waals surface area contributed by atoms with Crippen LogP contribution in [0.15, 0.2) is 34.9 Å². The predicted octanol–water partition coefficient (Wildman–Crippen LogP) is 5.05. The highest BCUT2D eigenvalue weighted by atomic mass is 16.5. The van der Waals surface area contributed by atoms with Gasteiger partial charge in [0.15, 0.2) is 11.5 Å². The summed E-state index contributed by atoms with van der Waals surface area (Å²) in [6, 6.07) is 7.39. The second-order valence-electron chi connectivity index (χ2n) is 7.55. The number of rotatable bonds is 11. The number of hydrogen-bond donors (Lipinski definition) is 0. The molecule has 6 nitrogen and oxygen atoms in total. The van der Waals surface area contributed by atoms with Crippen molar-refractivity contribution in [1.82, 2.24) is 4.90 Å². The second kappa shape index (κ2) is 11.9. The van der Waals surface area contributed by atoms with E-state index in [4.69, 9.17) is 9.47 Å². The topological polar surface area (TPSA) is 79.6 Å². The Kier molecular flexibility index (Phi) is 9.33. The van der Waals surface area contributed by atoms with Gasteiger partial charge in [0.2, 0.25) is 0 Å². The molecule has 0 saturated carbocycles. The van der Waals surface area contributed by atoms with Crippen LogP contribution in [0.2, 0.25) is 0 Å². The minimum Gasteiger partial charge on any atom is -0.493 e. The molecule has 0 saturated heterocycles. The zero-order chi connectivity index (χ0) is 22.8. The fourth-order valence-corrected chi connectivity index (χ4v) is 3.54. The third-order valence-electron chi connectivity index (χ3n) is 5.40. The van der Waals surface area contributed by atoms with Crippen LogP contribution in [0.3, 0.4) is 0 Å². The first kappa shape index (κ1) is 24.2. The predicted molar refractivity (Wildman–Crippen MR) is 121 cm³/mol. The maximum absolute atomic E-state index is 12.8. The Bertz CT molecular complexity index is 909. The largest absolute Gasteiger partial charge is 0.493 e. The van der Waals surface area contributed by atoms with Gasteiger partial charge in [-0.3, -0.25) is 14.5 Å². The normalized spacial score (nSPS) is 15.5. The van der Waals surface area contributed by atoms with E-state index in [1.165, 1.54) is 25.7 Å². The zero-order valence-electron chi connectivity index (χ0n) is 19.0. The maximum Gasteiger partial charge on any atom is 0.271 e. The van der Waals surface area contributed by atoms with E-state index in [-0.39, 0.29) is 12.1 Å². The van der Waals surface area contributed by atoms with E-state index in [1.807, 2.05) is 18.2 Å². The fourth-order valence-electron chi connectivity index (χ4n) is 3.54. The summed E-state index contributed by atoms with van der Waals surface area (Å²) in [5.41, 5.74) is 1.46. The molecule has 2 amide bonds. The zero-order valence-corrected chi connectivity index (χ0v) is 19.0. The van der Waals surface area contributed by atoms with E-state index in [1.54, 1.807) is 33.1 Å². The molecule has 0 spiro atoms. The van der Waals surface area contributed by atoms with Crippen molar-refractivity contribution in [3.05, 3.63) is 40.5 Å². The second-order valence-corrected chi connectivity index (χ2v) is 7.55. The van der Waals surface area contributed by atoms with E-state index in [0.29, 0.717) is 29.3 Å². The van der Waals surface area contributed by atoms with Gasteiger partial charge in [-0.2, -0.15) is 5.26 Å². The molecule has 31 heavy (non-hydrogen) atoms. The minimum absolute atomic E-state index is 0.00134. The summed E-state index contributed by atoms with van der Waals surface area (Å²) < 4.78 is 11.4.